The highest BCUT2D eigenvalue weighted by molar-refractivity contribution is 7.89. The van der Waals surface area contributed by atoms with Crippen molar-refractivity contribution in [3.05, 3.63) is 22.4 Å². The predicted molar refractivity (Wildman–Crippen MR) is 150 cm³/mol. The zero-order chi connectivity index (χ0) is 29.5. The third-order valence-electron chi connectivity index (χ3n) is 6.87. The molecule has 0 spiro atoms. The molecule has 1 atom stereocenters. The van der Waals surface area contributed by atoms with Gasteiger partial charge in [0, 0.05) is 38.9 Å². The lowest BCUT2D eigenvalue weighted by atomic mass is 10.2. The number of carbonyl (C=O) groups excluding carboxylic acids is 1. The van der Waals surface area contributed by atoms with Gasteiger partial charge >= 0.3 is 6.09 Å². The number of hydrogen-bond donors (Lipinski definition) is 1. The van der Waals surface area contributed by atoms with Crippen LogP contribution in [-0.2, 0) is 14.8 Å². The number of nitrogens with zero attached hydrogens (tertiary/aromatic N) is 8. The number of hydrogen-bond acceptors (Lipinski definition) is 11. The summed E-state index contributed by atoms with van der Waals surface area (Å²) in [6.07, 6.45) is 0.442. The molecule has 2 fully saturated rings. The van der Waals surface area contributed by atoms with E-state index in [4.69, 9.17) is 16.3 Å². The van der Waals surface area contributed by atoms with Crippen molar-refractivity contribution in [3.8, 4) is 16.9 Å². The summed E-state index contributed by atoms with van der Waals surface area (Å²) in [7, 11) is -0.353. The summed E-state index contributed by atoms with van der Waals surface area (Å²) in [6.45, 7) is 3.64. The number of ether oxygens (including phenoxy) is 1. The highest BCUT2D eigenvalue weighted by Crippen LogP contribution is 2.39. The molecule has 0 radical (unpaired) electrons. The number of imidazole rings is 1. The number of nitrogens with one attached hydrogen (secondary N) is 1. The average Bonchev–Trinajstić information content (AvgIpc) is 3.36. The molecule has 2 aliphatic rings. The first-order valence-electron chi connectivity index (χ1n) is 12.9. The molecule has 3 aromatic rings. The van der Waals surface area contributed by atoms with Crippen LogP contribution < -0.4 is 9.62 Å². The quantitative estimate of drug-likeness (QED) is 0.376. The average molecular weight is 626 g/mol. The summed E-state index contributed by atoms with van der Waals surface area (Å²) in [4.78, 5) is 22.3. The van der Waals surface area contributed by atoms with Crippen molar-refractivity contribution >= 4 is 50.3 Å². The Balaban J connectivity index is 1.51. The third-order valence-corrected chi connectivity index (χ3v) is 9.71. The zero-order valence-corrected chi connectivity index (χ0v) is 25.1. The minimum atomic E-state index is -4.13. The monoisotopic (exact) mass is 625 g/mol. The van der Waals surface area contributed by atoms with Gasteiger partial charge in [0.05, 0.1) is 11.8 Å². The molecule has 220 valence electrons. The van der Waals surface area contributed by atoms with Crippen molar-refractivity contribution in [2.24, 2.45) is 0 Å². The minimum Gasteiger partial charge on any atom is -0.448 e. The second-order valence-electron chi connectivity index (χ2n) is 10.3. The molecule has 5 rings (SSSR count). The van der Waals surface area contributed by atoms with Crippen LogP contribution in [0.25, 0.3) is 16.3 Å². The van der Waals surface area contributed by atoms with Gasteiger partial charge in [-0.05, 0) is 39.9 Å². The molecule has 4 heterocycles. The fraction of sp³-hybridized carbons (Fsp3) is 0.542. The molecule has 1 aliphatic heterocycles. The van der Waals surface area contributed by atoms with Crippen molar-refractivity contribution in [3.63, 3.8) is 0 Å². The van der Waals surface area contributed by atoms with Gasteiger partial charge in [-0.25, -0.2) is 22.6 Å². The van der Waals surface area contributed by atoms with Crippen LogP contribution in [0.3, 0.4) is 0 Å². The van der Waals surface area contributed by atoms with E-state index in [1.165, 1.54) is 23.6 Å². The van der Waals surface area contributed by atoms with E-state index in [9.17, 15) is 22.9 Å². The molecular formula is C24H29ClFN9O4S2. The second kappa shape index (κ2) is 11.3. The van der Waals surface area contributed by atoms with Crippen molar-refractivity contribution in [1.29, 1.82) is 5.26 Å². The topological polar surface area (TPSA) is 149 Å². The lowest BCUT2D eigenvalue weighted by Crippen LogP contribution is -2.49. The highest BCUT2D eigenvalue weighted by atomic mass is 35.5. The molecule has 41 heavy (non-hydrogen) atoms. The molecule has 1 saturated heterocycles. The third kappa shape index (κ3) is 6.09. The number of alkyl halides is 1. The number of nitriles is 1. The van der Waals surface area contributed by atoms with E-state index in [0.29, 0.717) is 56.8 Å². The summed E-state index contributed by atoms with van der Waals surface area (Å²) in [5.74, 6) is 0.206. The van der Waals surface area contributed by atoms with Gasteiger partial charge in [-0.1, -0.05) is 22.9 Å². The number of pyridine rings is 1. The first-order valence-corrected chi connectivity index (χ1v) is 15.6. The number of likely N-dealkylation sites (N-methyl/N-ethyl adjacent to an activating group) is 1. The molecule has 1 saturated carbocycles. The molecule has 1 N–H and O–H groups in total. The molecule has 3 aromatic heterocycles. The van der Waals surface area contributed by atoms with Crippen LogP contribution in [0.2, 0.25) is 5.15 Å². The van der Waals surface area contributed by atoms with Crippen molar-refractivity contribution in [2.75, 3.05) is 58.3 Å². The van der Waals surface area contributed by atoms with Crippen LogP contribution in [0.15, 0.2) is 17.2 Å². The SMILES string of the molecule is CC(F)c1nnc(-c2nc(Cl)c3c(N4CCN(C(=O)OCCN(C)C)CC4)cc(S(=O)(=O)NC4(C#N)CC4)cn23)s1. The van der Waals surface area contributed by atoms with Crippen LogP contribution in [-0.4, -0.2) is 103 Å². The van der Waals surface area contributed by atoms with Crippen molar-refractivity contribution in [1.82, 2.24) is 34.1 Å². The smallest absolute Gasteiger partial charge is 0.409 e. The van der Waals surface area contributed by atoms with E-state index < -0.39 is 27.8 Å². The lowest BCUT2D eigenvalue weighted by Gasteiger charge is -2.36. The Bertz CT molecular complexity index is 1610. The minimum absolute atomic E-state index is 0.0955. The number of piperazine rings is 1. The van der Waals surface area contributed by atoms with Crippen LogP contribution in [0, 0.1) is 11.3 Å². The van der Waals surface area contributed by atoms with E-state index in [2.05, 4.69) is 19.9 Å². The van der Waals surface area contributed by atoms with Gasteiger partial charge in [-0.3, -0.25) is 4.40 Å². The molecular weight excluding hydrogens is 597 g/mol. The van der Waals surface area contributed by atoms with Gasteiger partial charge in [0.25, 0.3) is 0 Å². The van der Waals surface area contributed by atoms with Crippen LogP contribution in [0.4, 0.5) is 14.9 Å². The standard InChI is InChI=1S/C24H29ClFN9O4S2/c1-15(26)21-29-30-22(40-21)20-28-19(25)18-17(33-6-8-34(9-7-33)23(36)39-11-10-32(2)3)12-16(13-35(18)20)41(37,38)31-24(14-27)4-5-24/h12-13,15,31H,4-11H2,1-3H3. The molecule has 0 aromatic carbocycles. The first kappa shape index (κ1) is 29.4. The van der Waals surface area contributed by atoms with E-state index in [-0.39, 0.29) is 32.5 Å². The van der Waals surface area contributed by atoms with Gasteiger partial charge in [-0.15, -0.1) is 10.2 Å². The van der Waals surface area contributed by atoms with Gasteiger partial charge in [0.2, 0.25) is 10.0 Å². The number of rotatable bonds is 9. The Labute approximate surface area is 245 Å². The Morgan fingerprint density at radius 1 is 1.32 bits per heavy atom. The first-order chi connectivity index (χ1) is 19.4. The number of carbonyl (C=O) groups is 1. The van der Waals surface area contributed by atoms with Crippen LogP contribution >= 0.6 is 22.9 Å². The fourth-order valence-electron chi connectivity index (χ4n) is 4.37. The molecule has 17 heteroatoms. The normalized spacial score (nSPS) is 17.6. The van der Waals surface area contributed by atoms with Gasteiger partial charge in [0.1, 0.15) is 22.6 Å². The summed E-state index contributed by atoms with van der Waals surface area (Å²) in [5.41, 5.74) is -0.232. The van der Waals surface area contributed by atoms with Crippen molar-refractivity contribution < 1.29 is 22.3 Å². The Morgan fingerprint density at radius 2 is 2.02 bits per heavy atom. The van der Waals surface area contributed by atoms with E-state index in [1.54, 1.807) is 4.90 Å². The zero-order valence-electron chi connectivity index (χ0n) is 22.7. The Kier molecular flexibility index (Phi) is 8.09. The number of anilines is 1. The molecule has 1 aliphatic carbocycles. The molecule has 1 unspecified atom stereocenters. The Hall–Kier alpha value is -3.10. The maximum Gasteiger partial charge on any atom is 0.409 e. The van der Waals surface area contributed by atoms with E-state index in [1.807, 2.05) is 30.0 Å². The number of sulfonamides is 1. The van der Waals surface area contributed by atoms with Gasteiger partial charge < -0.3 is 19.4 Å². The summed E-state index contributed by atoms with van der Waals surface area (Å²) in [5, 5.41) is 17.9. The van der Waals surface area contributed by atoms with Crippen LogP contribution in [0.1, 0.15) is 30.9 Å². The number of halogens is 2. The number of aromatic nitrogens is 4. The lowest BCUT2D eigenvalue weighted by molar-refractivity contribution is 0.0941. The van der Waals surface area contributed by atoms with Gasteiger partial charge in [-0.2, -0.15) is 9.98 Å². The summed E-state index contributed by atoms with van der Waals surface area (Å²) >= 11 is 7.61. The predicted octanol–water partition coefficient (Wildman–Crippen LogP) is 2.69. The maximum atomic E-state index is 13.9. The Morgan fingerprint density at radius 3 is 2.61 bits per heavy atom. The summed E-state index contributed by atoms with van der Waals surface area (Å²) < 4.78 is 50.2. The van der Waals surface area contributed by atoms with Crippen LogP contribution in [0.5, 0.6) is 0 Å². The fourth-order valence-corrected chi connectivity index (χ4v) is 6.79. The molecule has 13 nitrogen and oxygen atoms in total. The largest absolute Gasteiger partial charge is 0.448 e. The molecule has 0 bridgehead atoms. The summed E-state index contributed by atoms with van der Waals surface area (Å²) in [6, 6.07) is 3.53. The maximum absolute atomic E-state index is 13.9. The molecule has 1 amide bonds. The highest BCUT2D eigenvalue weighted by Gasteiger charge is 2.47. The van der Waals surface area contributed by atoms with E-state index in [0.717, 1.165) is 11.3 Å². The van der Waals surface area contributed by atoms with E-state index >= 15 is 0 Å². The van der Waals surface area contributed by atoms with Gasteiger partial charge in [0.15, 0.2) is 27.2 Å². The van der Waals surface area contributed by atoms with Crippen molar-refractivity contribution in [2.45, 2.75) is 36.4 Å². The second-order valence-corrected chi connectivity index (χ2v) is 13.3. The number of fused-ring (bicyclic) bond motifs is 1. The number of amides is 1.